The van der Waals surface area contributed by atoms with Crippen molar-refractivity contribution in [1.82, 2.24) is 5.23 Å². The Kier molecular flexibility index (Phi) is 6.20. The molecule has 2 aromatic rings. The first-order valence-electron chi connectivity index (χ1n) is 7.47. The van der Waals surface area contributed by atoms with Gasteiger partial charge in [0, 0.05) is 0 Å². The Bertz CT molecular complexity index is 616. The molecule has 0 saturated heterocycles. The number of carbonyl (C=O) groups excluding carboxylic acids is 1. The highest BCUT2D eigenvalue weighted by molar-refractivity contribution is 6.46. The predicted molar refractivity (Wildman–Crippen MR) is 88.8 cm³/mol. The number of benzene rings is 2. The second-order valence-electron chi connectivity index (χ2n) is 5.36. The maximum atomic E-state index is 12.3. The van der Waals surface area contributed by atoms with Crippen LogP contribution in [0.1, 0.15) is 11.1 Å². The van der Waals surface area contributed by atoms with E-state index in [1.165, 1.54) is 0 Å². The van der Waals surface area contributed by atoms with Gasteiger partial charge in [0.25, 0.3) is 0 Å². The molecule has 120 valence electrons. The van der Waals surface area contributed by atoms with Gasteiger partial charge in [-0.2, -0.15) is 0 Å². The van der Waals surface area contributed by atoms with E-state index >= 15 is 0 Å². The Hall–Kier alpha value is -2.31. The lowest BCUT2D eigenvalue weighted by atomic mass is 9.86. The van der Waals surface area contributed by atoms with Crippen molar-refractivity contribution in [2.75, 3.05) is 0 Å². The second-order valence-corrected chi connectivity index (χ2v) is 5.36. The Morgan fingerprint density at radius 1 is 1.13 bits per heavy atom. The molecule has 0 heterocycles. The minimum absolute atomic E-state index is 0.167. The van der Waals surface area contributed by atoms with Crippen LogP contribution in [-0.2, 0) is 22.6 Å². The first-order valence-corrected chi connectivity index (χ1v) is 7.47. The first kappa shape index (κ1) is 17.1. The number of phenolic OH excluding ortho intramolecular Hbond substituents is 1. The number of carbonyl (C=O) groups is 1. The van der Waals surface area contributed by atoms with Crippen LogP contribution in [-0.4, -0.2) is 29.2 Å². The first-order chi connectivity index (χ1) is 11.0. The quantitative estimate of drug-likeness (QED) is 0.536. The van der Waals surface area contributed by atoms with E-state index < -0.39 is 19.1 Å². The van der Waals surface area contributed by atoms with Gasteiger partial charge in [0.1, 0.15) is 18.4 Å². The van der Waals surface area contributed by atoms with Gasteiger partial charge >= 0.3 is 13.0 Å². The summed E-state index contributed by atoms with van der Waals surface area (Å²) in [6, 6.07) is 15.3. The monoisotopic (exact) mass is 313 g/mol. The number of esters is 1. The number of ether oxygens (including phenoxy) is 1. The highest BCUT2D eigenvalue weighted by Crippen LogP contribution is 2.12. The summed E-state index contributed by atoms with van der Waals surface area (Å²) >= 11 is 0. The van der Waals surface area contributed by atoms with E-state index in [9.17, 15) is 14.9 Å². The molecule has 2 rings (SSSR count). The molecule has 1 atom stereocenters. The van der Waals surface area contributed by atoms with Gasteiger partial charge in [-0.25, -0.2) is 0 Å². The predicted octanol–water partition coefficient (Wildman–Crippen LogP) is 1.75. The smallest absolute Gasteiger partial charge is 0.374 e. The molecule has 0 aliphatic heterocycles. The molecule has 23 heavy (non-hydrogen) atoms. The van der Waals surface area contributed by atoms with Gasteiger partial charge < -0.3 is 20.1 Å². The highest BCUT2D eigenvalue weighted by Gasteiger charge is 2.23. The average Bonchev–Trinajstić information content (AvgIpc) is 2.54. The topological polar surface area (TPSA) is 78.8 Å². The van der Waals surface area contributed by atoms with Crippen LogP contribution in [0.5, 0.6) is 5.75 Å². The molecule has 0 fully saturated rings. The zero-order chi connectivity index (χ0) is 16.7. The van der Waals surface area contributed by atoms with Crippen molar-refractivity contribution in [2.45, 2.75) is 25.9 Å². The van der Waals surface area contributed by atoms with Crippen molar-refractivity contribution in [3.05, 3.63) is 65.7 Å². The molecular weight excluding hydrogens is 293 g/mol. The number of hydrogen-bond acceptors (Lipinski definition) is 5. The van der Waals surface area contributed by atoms with E-state index in [-0.39, 0.29) is 12.4 Å². The maximum Gasteiger partial charge on any atom is 0.374 e. The van der Waals surface area contributed by atoms with Crippen LogP contribution in [0.25, 0.3) is 0 Å². The third-order valence-corrected chi connectivity index (χ3v) is 3.33. The molecule has 3 N–H and O–H groups in total. The van der Waals surface area contributed by atoms with Crippen molar-refractivity contribution < 1.29 is 19.7 Å². The minimum Gasteiger partial charge on any atom is -0.508 e. The zero-order valence-electron chi connectivity index (χ0n) is 13.0. The summed E-state index contributed by atoms with van der Waals surface area (Å²) in [6.07, 6.45) is 0.360. The van der Waals surface area contributed by atoms with Gasteiger partial charge in [-0.05, 0) is 36.5 Å². The van der Waals surface area contributed by atoms with Gasteiger partial charge in [-0.3, -0.25) is 4.79 Å². The van der Waals surface area contributed by atoms with Crippen molar-refractivity contribution >= 4 is 13.0 Å². The van der Waals surface area contributed by atoms with Gasteiger partial charge in [0.15, 0.2) is 0 Å². The Labute approximate surface area is 136 Å². The molecule has 0 aromatic heterocycles. The largest absolute Gasteiger partial charge is 0.508 e. The third kappa shape index (κ3) is 5.77. The van der Waals surface area contributed by atoms with Crippen molar-refractivity contribution in [3.63, 3.8) is 0 Å². The van der Waals surface area contributed by atoms with E-state index in [0.29, 0.717) is 6.42 Å². The van der Waals surface area contributed by atoms with Gasteiger partial charge in [0.05, 0.1) is 0 Å². The summed E-state index contributed by atoms with van der Waals surface area (Å²) < 4.78 is 5.33. The molecule has 0 amide bonds. The number of rotatable bonds is 7. The van der Waals surface area contributed by atoms with Crippen LogP contribution in [0, 0.1) is 0 Å². The highest BCUT2D eigenvalue weighted by atomic mass is 16.5. The summed E-state index contributed by atoms with van der Waals surface area (Å²) in [4.78, 5) is 12.3. The summed E-state index contributed by atoms with van der Waals surface area (Å²) in [5.41, 5.74) is 1.76. The van der Waals surface area contributed by atoms with E-state index in [4.69, 9.17) is 4.74 Å². The summed E-state index contributed by atoms with van der Waals surface area (Å²) in [6.45, 7) is 1.74. The molecule has 0 bridgehead atoms. The van der Waals surface area contributed by atoms with Gasteiger partial charge in [-0.15, -0.1) is 0 Å². The summed E-state index contributed by atoms with van der Waals surface area (Å²) in [5.74, 6) is -0.261. The normalized spacial score (nSPS) is 11.7. The van der Waals surface area contributed by atoms with Crippen LogP contribution in [0.15, 0.2) is 54.6 Å². The maximum absolute atomic E-state index is 12.3. The SMILES string of the molecule is CB(O)NC(Cc1ccc(O)cc1)C(=O)OCc1ccccc1. The number of hydrogen-bond donors (Lipinski definition) is 3. The number of phenols is 1. The van der Waals surface area contributed by atoms with Crippen LogP contribution in [0.3, 0.4) is 0 Å². The summed E-state index contributed by atoms with van der Waals surface area (Å²) in [5, 5.41) is 21.6. The second kappa shape index (κ2) is 8.36. The molecule has 0 aliphatic carbocycles. The standard InChI is InChI=1S/C17H20BNO4/c1-18(22)19-16(11-13-7-9-15(20)10-8-13)17(21)23-12-14-5-3-2-4-6-14/h2-10,16,19-20,22H,11-12H2,1H3. The van der Waals surface area contributed by atoms with E-state index in [0.717, 1.165) is 11.1 Å². The third-order valence-electron chi connectivity index (χ3n) is 3.33. The van der Waals surface area contributed by atoms with Crippen molar-refractivity contribution in [1.29, 1.82) is 0 Å². The lowest BCUT2D eigenvalue weighted by molar-refractivity contribution is -0.147. The fraction of sp³-hybridized carbons (Fsp3) is 0.235. The molecule has 2 aromatic carbocycles. The van der Waals surface area contributed by atoms with E-state index in [1.807, 2.05) is 30.3 Å². The molecule has 0 spiro atoms. The lowest BCUT2D eigenvalue weighted by Crippen LogP contribution is -2.46. The Balaban J connectivity index is 1.98. The van der Waals surface area contributed by atoms with E-state index in [2.05, 4.69) is 5.23 Å². The summed E-state index contributed by atoms with van der Waals surface area (Å²) in [7, 11) is -0.832. The van der Waals surface area contributed by atoms with Gasteiger partial charge in [-0.1, -0.05) is 42.5 Å². The fourth-order valence-corrected chi connectivity index (χ4v) is 2.20. The number of aromatic hydroxyl groups is 1. The van der Waals surface area contributed by atoms with Crippen LogP contribution < -0.4 is 5.23 Å². The van der Waals surface area contributed by atoms with Crippen LogP contribution >= 0.6 is 0 Å². The molecule has 6 heteroatoms. The van der Waals surface area contributed by atoms with Crippen LogP contribution in [0.2, 0.25) is 6.82 Å². The molecule has 0 radical (unpaired) electrons. The molecule has 0 saturated carbocycles. The fourth-order valence-electron chi connectivity index (χ4n) is 2.20. The minimum atomic E-state index is -0.832. The molecular formula is C17H20BNO4. The zero-order valence-corrected chi connectivity index (χ0v) is 13.0. The van der Waals surface area contributed by atoms with E-state index in [1.54, 1.807) is 31.1 Å². The Morgan fingerprint density at radius 3 is 2.39 bits per heavy atom. The van der Waals surface area contributed by atoms with Crippen LogP contribution in [0.4, 0.5) is 0 Å². The number of nitrogens with one attached hydrogen (secondary N) is 1. The Morgan fingerprint density at radius 2 is 1.78 bits per heavy atom. The molecule has 1 unspecified atom stereocenters. The molecule has 0 aliphatic rings. The van der Waals surface area contributed by atoms with Crippen molar-refractivity contribution in [3.8, 4) is 5.75 Å². The average molecular weight is 313 g/mol. The van der Waals surface area contributed by atoms with Crippen molar-refractivity contribution in [2.24, 2.45) is 0 Å². The molecule has 5 nitrogen and oxygen atoms in total. The van der Waals surface area contributed by atoms with Gasteiger partial charge in [0.2, 0.25) is 0 Å². The lowest BCUT2D eigenvalue weighted by Gasteiger charge is -2.18.